The molecule has 13 heavy (non-hydrogen) atoms. The second kappa shape index (κ2) is 4.40. The summed E-state index contributed by atoms with van der Waals surface area (Å²) >= 11 is 0. The molecule has 0 N–H and O–H groups in total. The summed E-state index contributed by atoms with van der Waals surface area (Å²) in [5.41, 5.74) is -0.104. The minimum Gasteiger partial charge on any atom is -0.366 e. The maximum Gasteiger partial charge on any atom is 0.251 e. The van der Waals surface area contributed by atoms with Gasteiger partial charge in [-0.2, -0.15) is 0 Å². The van der Waals surface area contributed by atoms with Gasteiger partial charge >= 0.3 is 0 Å². The molecular weight excluding hydrogens is 164 g/mol. The van der Waals surface area contributed by atoms with E-state index in [1.165, 1.54) is 0 Å². The van der Waals surface area contributed by atoms with Gasteiger partial charge in [0.1, 0.15) is 5.84 Å². The molecule has 0 bridgehead atoms. The van der Waals surface area contributed by atoms with Crippen LogP contribution in [0.25, 0.3) is 0 Å². The Kier molecular flexibility index (Phi) is 4.11. The lowest BCUT2D eigenvalue weighted by Crippen LogP contribution is -2.21. The second-order valence-electron chi connectivity index (χ2n) is 4.40. The molecule has 75 valence electrons. The topological polar surface area (TPSA) is 32.7 Å². The van der Waals surface area contributed by atoms with Crippen molar-refractivity contribution in [2.24, 2.45) is 10.4 Å². The van der Waals surface area contributed by atoms with Crippen molar-refractivity contribution in [1.29, 1.82) is 0 Å². The first kappa shape index (κ1) is 12.1. The molecule has 1 radical (unpaired) electrons. The molecular formula is C10H19N2O. The molecule has 0 rings (SSSR count). The van der Waals surface area contributed by atoms with Crippen LogP contribution in [0.3, 0.4) is 0 Å². The molecule has 0 saturated carbocycles. The van der Waals surface area contributed by atoms with E-state index >= 15 is 0 Å². The Morgan fingerprint density at radius 1 is 1.31 bits per heavy atom. The van der Waals surface area contributed by atoms with E-state index in [-0.39, 0.29) is 11.3 Å². The molecule has 3 nitrogen and oxygen atoms in total. The number of amides is 1. The third kappa shape index (κ3) is 6.31. The molecule has 0 spiro atoms. The van der Waals surface area contributed by atoms with Crippen molar-refractivity contribution in [2.75, 3.05) is 14.1 Å². The van der Waals surface area contributed by atoms with Gasteiger partial charge in [-0.15, -0.1) is 0 Å². The molecule has 0 aromatic rings. The van der Waals surface area contributed by atoms with Crippen LogP contribution in [0.15, 0.2) is 4.99 Å². The van der Waals surface area contributed by atoms with Crippen LogP contribution in [0.1, 0.15) is 27.7 Å². The average Bonchev–Trinajstić information content (AvgIpc) is 1.81. The first-order valence-corrected chi connectivity index (χ1v) is 4.35. The van der Waals surface area contributed by atoms with E-state index in [0.717, 1.165) is 5.84 Å². The van der Waals surface area contributed by atoms with Gasteiger partial charge in [0.25, 0.3) is 5.91 Å². The smallest absolute Gasteiger partial charge is 0.251 e. The highest BCUT2D eigenvalue weighted by Crippen LogP contribution is 2.17. The Balaban J connectivity index is 4.24. The standard InChI is InChI=1S/C10H19N2O/c1-8(12(5)6)11-9(13)7-10(2,3)4/h7H,1-6H3. The van der Waals surface area contributed by atoms with Crippen molar-refractivity contribution in [3.63, 3.8) is 0 Å². The van der Waals surface area contributed by atoms with Gasteiger partial charge in [-0.05, 0) is 12.3 Å². The number of carbonyl (C=O) groups excluding carboxylic acids is 1. The molecule has 0 fully saturated rings. The van der Waals surface area contributed by atoms with Crippen LogP contribution in [-0.4, -0.2) is 30.7 Å². The molecule has 0 unspecified atom stereocenters. The Bertz CT molecular complexity index is 211. The summed E-state index contributed by atoms with van der Waals surface area (Å²) in [5, 5.41) is 0. The quantitative estimate of drug-likeness (QED) is 0.458. The molecule has 1 amide bonds. The molecule has 0 aromatic heterocycles. The number of aliphatic imine (C=N–C) groups is 1. The van der Waals surface area contributed by atoms with Crippen LogP contribution < -0.4 is 0 Å². The van der Waals surface area contributed by atoms with Gasteiger partial charge in [0.15, 0.2) is 0 Å². The van der Waals surface area contributed by atoms with E-state index < -0.39 is 0 Å². The molecule has 0 heterocycles. The zero-order chi connectivity index (χ0) is 10.6. The summed E-state index contributed by atoms with van der Waals surface area (Å²) in [5.74, 6) is 0.559. The van der Waals surface area contributed by atoms with Crippen LogP contribution >= 0.6 is 0 Å². The first-order chi connectivity index (χ1) is 5.72. The summed E-state index contributed by atoms with van der Waals surface area (Å²) in [6, 6.07) is 0. The highest BCUT2D eigenvalue weighted by molar-refractivity contribution is 5.97. The van der Waals surface area contributed by atoms with Crippen molar-refractivity contribution >= 4 is 11.7 Å². The number of carbonyl (C=O) groups is 1. The van der Waals surface area contributed by atoms with E-state index in [1.807, 2.05) is 46.7 Å². The van der Waals surface area contributed by atoms with Gasteiger partial charge in [-0.1, -0.05) is 20.8 Å². The van der Waals surface area contributed by atoms with E-state index in [1.54, 1.807) is 6.42 Å². The maximum absolute atomic E-state index is 11.3. The predicted octanol–water partition coefficient (Wildman–Crippen LogP) is 1.74. The van der Waals surface area contributed by atoms with Gasteiger partial charge < -0.3 is 4.90 Å². The van der Waals surface area contributed by atoms with Crippen LogP contribution in [-0.2, 0) is 4.79 Å². The fraction of sp³-hybridized carbons (Fsp3) is 0.700. The van der Waals surface area contributed by atoms with Crippen LogP contribution in [0, 0.1) is 11.8 Å². The molecule has 0 aliphatic rings. The lowest BCUT2D eigenvalue weighted by molar-refractivity contribution is -0.115. The van der Waals surface area contributed by atoms with Crippen LogP contribution in [0.5, 0.6) is 0 Å². The summed E-state index contributed by atoms with van der Waals surface area (Å²) < 4.78 is 0. The van der Waals surface area contributed by atoms with Crippen molar-refractivity contribution < 1.29 is 4.79 Å². The zero-order valence-corrected chi connectivity index (χ0v) is 9.38. The van der Waals surface area contributed by atoms with Gasteiger partial charge in [-0.25, -0.2) is 4.99 Å². The Morgan fingerprint density at radius 2 is 1.77 bits per heavy atom. The predicted molar refractivity (Wildman–Crippen MR) is 55.6 cm³/mol. The van der Waals surface area contributed by atoms with E-state index in [4.69, 9.17) is 0 Å². The fourth-order valence-corrected chi connectivity index (χ4v) is 0.662. The first-order valence-electron chi connectivity index (χ1n) is 4.35. The maximum atomic E-state index is 11.3. The van der Waals surface area contributed by atoms with Crippen LogP contribution in [0.4, 0.5) is 0 Å². The second-order valence-corrected chi connectivity index (χ2v) is 4.40. The normalized spacial score (nSPS) is 12.9. The van der Waals surface area contributed by atoms with Gasteiger partial charge in [0.05, 0.1) is 6.42 Å². The largest absolute Gasteiger partial charge is 0.366 e. The lowest BCUT2D eigenvalue weighted by Gasteiger charge is -2.15. The molecule has 0 aliphatic carbocycles. The third-order valence-electron chi connectivity index (χ3n) is 1.48. The third-order valence-corrected chi connectivity index (χ3v) is 1.48. The molecule has 0 aromatic carbocycles. The molecule has 3 heteroatoms. The van der Waals surface area contributed by atoms with Crippen LogP contribution in [0.2, 0.25) is 0 Å². The Labute approximate surface area is 80.8 Å². The van der Waals surface area contributed by atoms with Crippen molar-refractivity contribution in [3.05, 3.63) is 6.42 Å². The van der Waals surface area contributed by atoms with Crippen molar-refractivity contribution in [1.82, 2.24) is 4.90 Å². The lowest BCUT2D eigenvalue weighted by atomic mass is 9.92. The average molecular weight is 183 g/mol. The number of nitrogens with zero attached hydrogens (tertiary/aromatic N) is 2. The molecule has 0 atom stereocenters. The zero-order valence-electron chi connectivity index (χ0n) is 9.38. The van der Waals surface area contributed by atoms with Gasteiger partial charge in [-0.3, -0.25) is 4.79 Å². The highest BCUT2D eigenvalue weighted by atomic mass is 16.1. The van der Waals surface area contributed by atoms with Crippen molar-refractivity contribution in [2.45, 2.75) is 27.7 Å². The van der Waals surface area contributed by atoms with Crippen molar-refractivity contribution in [3.8, 4) is 0 Å². The number of hydrogen-bond acceptors (Lipinski definition) is 1. The van der Waals surface area contributed by atoms with Gasteiger partial charge in [0.2, 0.25) is 0 Å². The summed E-state index contributed by atoms with van der Waals surface area (Å²) in [7, 11) is 3.73. The summed E-state index contributed by atoms with van der Waals surface area (Å²) in [6.45, 7) is 7.75. The number of amidine groups is 1. The molecule has 0 aliphatic heterocycles. The number of hydrogen-bond donors (Lipinski definition) is 0. The van der Waals surface area contributed by atoms with E-state index in [2.05, 4.69) is 4.99 Å². The number of rotatable bonds is 1. The Morgan fingerprint density at radius 3 is 2.08 bits per heavy atom. The van der Waals surface area contributed by atoms with E-state index in [0.29, 0.717) is 0 Å². The summed E-state index contributed by atoms with van der Waals surface area (Å²) in [6.07, 6.45) is 1.62. The SMILES string of the molecule is CC(=NC(=O)[CH]C(C)(C)C)N(C)C. The summed E-state index contributed by atoms with van der Waals surface area (Å²) in [4.78, 5) is 17.0. The molecule has 0 saturated heterocycles. The fourth-order valence-electron chi connectivity index (χ4n) is 0.662. The monoisotopic (exact) mass is 183 g/mol. The minimum atomic E-state index is -0.168. The highest BCUT2D eigenvalue weighted by Gasteiger charge is 2.16. The van der Waals surface area contributed by atoms with Gasteiger partial charge in [0, 0.05) is 14.1 Å². The van der Waals surface area contributed by atoms with E-state index in [9.17, 15) is 4.79 Å². The Hall–Kier alpha value is -0.860. The minimum absolute atomic E-state index is 0.104.